The Morgan fingerprint density at radius 1 is 1.25 bits per heavy atom. The fraction of sp³-hybridized carbons (Fsp3) is 0.600. The molecule has 0 aliphatic carbocycles. The number of nitrogens with one attached hydrogen (secondary N) is 2. The van der Waals surface area contributed by atoms with Gasteiger partial charge in [-0.05, 0) is 19.4 Å². The number of quaternary nitrogens is 1. The maximum absolute atomic E-state index is 4.44. The molecule has 0 saturated heterocycles. The molecule has 20 heavy (non-hydrogen) atoms. The molecule has 0 aliphatic rings. The molecule has 5 heteroatoms. The number of nitrogens with zero attached hydrogens (tertiary/aromatic N) is 2. The first-order chi connectivity index (χ1) is 9.30. The van der Waals surface area contributed by atoms with Gasteiger partial charge in [-0.2, -0.15) is 0 Å². The summed E-state index contributed by atoms with van der Waals surface area (Å²) in [6.45, 7) is 10.9. The van der Waals surface area contributed by atoms with Gasteiger partial charge in [0.05, 0.1) is 26.0 Å². The summed E-state index contributed by atoms with van der Waals surface area (Å²) in [4.78, 5) is 12.7. The van der Waals surface area contributed by atoms with Gasteiger partial charge in [0.15, 0.2) is 0 Å². The van der Waals surface area contributed by atoms with Gasteiger partial charge >= 0.3 is 0 Å². The highest BCUT2D eigenvalue weighted by atomic mass is 32.1. The maximum Gasteiger partial charge on any atom is 0.138 e. The Kier molecular flexibility index (Phi) is 4.30. The number of fused-ring (bicyclic) bond motifs is 1. The molecule has 0 fully saturated rings. The molecule has 0 unspecified atom stereocenters. The minimum Gasteiger partial charge on any atom is -0.369 e. The highest BCUT2D eigenvalue weighted by Crippen LogP contribution is 2.32. The molecule has 0 spiro atoms. The van der Waals surface area contributed by atoms with E-state index in [4.69, 9.17) is 0 Å². The van der Waals surface area contributed by atoms with Crippen LogP contribution in [0.3, 0.4) is 0 Å². The van der Waals surface area contributed by atoms with Gasteiger partial charge < -0.3 is 10.2 Å². The predicted octanol–water partition coefficient (Wildman–Crippen LogP) is 1.89. The van der Waals surface area contributed by atoms with E-state index in [0.717, 1.165) is 23.7 Å². The molecule has 0 radical (unpaired) electrons. The topological polar surface area (TPSA) is 42.2 Å². The molecule has 110 valence electrons. The molecule has 4 nitrogen and oxygen atoms in total. The first kappa shape index (κ1) is 15.2. The van der Waals surface area contributed by atoms with Gasteiger partial charge in [0.2, 0.25) is 0 Å². The lowest BCUT2D eigenvalue weighted by molar-refractivity contribution is -0.865. The Morgan fingerprint density at radius 3 is 2.60 bits per heavy atom. The second-order valence-electron chi connectivity index (χ2n) is 6.59. The van der Waals surface area contributed by atoms with Crippen molar-refractivity contribution >= 4 is 27.4 Å². The summed E-state index contributed by atoms with van der Waals surface area (Å²) < 4.78 is 0. The van der Waals surface area contributed by atoms with Crippen LogP contribution in [0.5, 0.6) is 0 Å². The third-order valence-corrected chi connectivity index (χ3v) is 4.65. The lowest BCUT2D eigenvalue weighted by Crippen LogP contribution is -3.07. The average molecular weight is 293 g/mol. The van der Waals surface area contributed by atoms with E-state index in [2.05, 4.69) is 57.1 Å². The first-order valence-electron chi connectivity index (χ1n) is 7.04. The first-order valence-corrected chi connectivity index (χ1v) is 7.85. The van der Waals surface area contributed by atoms with Crippen LogP contribution < -0.4 is 10.2 Å². The summed E-state index contributed by atoms with van der Waals surface area (Å²) in [7, 11) is 4.38. The summed E-state index contributed by atoms with van der Waals surface area (Å²) in [6.07, 6.45) is 1.66. The normalized spacial score (nSPS) is 12.3. The van der Waals surface area contributed by atoms with Crippen LogP contribution in [-0.4, -0.2) is 37.2 Å². The lowest BCUT2D eigenvalue weighted by Gasteiger charge is -2.26. The van der Waals surface area contributed by atoms with Gasteiger partial charge in [-0.3, -0.25) is 0 Å². The van der Waals surface area contributed by atoms with E-state index in [1.54, 1.807) is 17.7 Å². The van der Waals surface area contributed by atoms with Gasteiger partial charge in [-0.15, -0.1) is 11.3 Å². The number of anilines is 1. The lowest BCUT2D eigenvalue weighted by atomic mass is 9.93. The monoisotopic (exact) mass is 293 g/mol. The van der Waals surface area contributed by atoms with Crippen LogP contribution in [0.2, 0.25) is 0 Å². The van der Waals surface area contributed by atoms with Crippen LogP contribution >= 0.6 is 11.3 Å². The maximum atomic E-state index is 4.44. The van der Waals surface area contributed by atoms with Gasteiger partial charge in [0.1, 0.15) is 17.0 Å². The molecule has 0 bridgehead atoms. The Hall–Kier alpha value is -1.20. The number of hydrogen-bond donors (Lipinski definition) is 2. The van der Waals surface area contributed by atoms with E-state index < -0.39 is 0 Å². The fourth-order valence-electron chi connectivity index (χ4n) is 2.66. The van der Waals surface area contributed by atoms with E-state index in [-0.39, 0.29) is 5.41 Å². The molecule has 2 heterocycles. The second kappa shape index (κ2) is 5.66. The zero-order valence-electron chi connectivity index (χ0n) is 13.3. The molecule has 2 aromatic heterocycles. The minimum atomic E-state index is 0.231. The van der Waals surface area contributed by atoms with E-state index in [9.17, 15) is 0 Å². The summed E-state index contributed by atoms with van der Waals surface area (Å²) in [5, 5.41) is 4.71. The zero-order valence-corrected chi connectivity index (χ0v) is 14.1. The van der Waals surface area contributed by atoms with Crippen LogP contribution in [-0.2, 0) is 0 Å². The molecule has 0 aromatic carbocycles. The summed E-state index contributed by atoms with van der Waals surface area (Å²) in [6, 6.07) is 0. The van der Waals surface area contributed by atoms with E-state index in [1.807, 2.05) is 0 Å². The largest absolute Gasteiger partial charge is 0.369 e. The summed E-state index contributed by atoms with van der Waals surface area (Å²) >= 11 is 1.74. The van der Waals surface area contributed by atoms with Crippen molar-refractivity contribution in [1.82, 2.24) is 9.97 Å². The molecule has 0 amide bonds. The Labute approximate surface area is 125 Å². The number of rotatable bonds is 5. The molecule has 0 aliphatic heterocycles. The van der Waals surface area contributed by atoms with E-state index in [0.29, 0.717) is 0 Å². The van der Waals surface area contributed by atoms with Gasteiger partial charge in [-0.1, -0.05) is 13.8 Å². The van der Waals surface area contributed by atoms with Crippen molar-refractivity contribution in [3.8, 4) is 0 Å². The van der Waals surface area contributed by atoms with E-state index >= 15 is 0 Å². The summed E-state index contributed by atoms with van der Waals surface area (Å²) in [5.74, 6) is 0.971. The van der Waals surface area contributed by atoms with Crippen LogP contribution in [0, 0.1) is 19.3 Å². The molecule has 2 aromatic rings. The number of hydrogen-bond acceptors (Lipinski definition) is 4. The van der Waals surface area contributed by atoms with Gasteiger partial charge in [0.25, 0.3) is 0 Å². The molecule has 0 saturated carbocycles. The van der Waals surface area contributed by atoms with Crippen molar-refractivity contribution in [1.29, 1.82) is 0 Å². The zero-order chi connectivity index (χ0) is 14.9. The average Bonchev–Trinajstić information content (AvgIpc) is 2.62. The van der Waals surface area contributed by atoms with Crippen molar-refractivity contribution in [2.75, 3.05) is 32.5 Å². The Balaban J connectivity index is 2.22. The molecular formula is C15H25N4S+. The van der Waals surface area contributed by atoms with Crippen molar-refractivity contribution in [3.05, 3.63) is 16.8 Å². The van der Waals surface area contributed by atoms with E-state index in [1.165, 1.54) is 20.7 Å². The molecular weight excluding hydrogens is 268 g/mol. The Bertz CT molecular complexity index is 601. The van der Waals surface area contributed by atoms with Crippen LogP contribution in [0.1, 0.15) is 24.3 Å². The van der Waals surface area contributed by atoms with Crippen LogP contribution in [0.25, 0.3) is 10.2 Å². The third kappa shape index (κ3) is 3.27. The third-order valence-electron chi connectivity index (χ3n) is 3.53. The highest BCUT2D eigenvalue weighted by molar-refractivity contribution is 7.18. The quantitative estimate of drug-likeness (QED) is 0.885. The fourth-order valence-corrected chi connectivity index (χ4v) is 3.66. The Morgan fingerprint density at radius 2 is 1.95 bits per heavy atom. The standard InChI is InChI=1S/C15H24N4S/c1-10-11(2)20-14-12(10)13(17-9-18-14)16-7-15(3,4)8-19(5)6/h9H,7-8H2,1-6H3,(H,16,17,18)/p+1. The van der Waals surface area contributed by atoms with Crippen molar-refractivity contribution < 1.29 is 4.90 Å². The molecule has 0 atom stereocenters. The summed E-state index contributed by atoms with van der Waals surface area (Å²) in [5.41, 5.74) is 1.53. The SMILES string of the molecule is Cc1sc2ncnc(NCC(C)(C)C[NH+](C)C)c2c1C. The molecule has 2 rings (SSSR count). The minimum absolute atomic E-state index is 0.231. The van der Waals surface area contributed by atoms with Crippen molar-refractivity contribution in [2.45, 2.75) is 27.7 Å². The van der Waals surface area contributed by atoms with Crippen molar-refractivity contribution in [2.24, 2.45) is 5.41 Å². The number of thiophene rings is 1. The van der Waals surface area contributed by atoms with Gasteiger partial charge in [0, 0.05) is 16.8 Å². The van der Waals surface area contributed by atoms with Gasteiger partial charge in [-0.25, -0.2) is 9.97 Å². The number of aromatic nitrogens is 2. The predicted molar refractivity (Wildman–Crippen MR) is 86.8 cm³/mol. The van der Waals surface area contributed by atoms with Crippen molar-refractivity contribution in [3.63, 3.8) is 0 Å². The molecule has 2 N–H and O–H groups in total. The smallest absolute Gasteiger partial charge is 0.138 e. The highest BCUT2D eigenvalue weighted by Gasteiger charge is 2.22. The second-order valence-corrected chi connectivity index (χ2v) is 7.79. The van der Waals surface area contributed by atoms with Crippen LogP contribution in [0.4, 0.5) is 5.82 Å². The van der Waals surface area contributed by atoms with Crippen LogP contribution in [0.15, 0.2) is 6.33 Å². The number of aryl methyl sites for hydroxylation is 2.